The summed E-state index contributed by atoms with van der Waals surface area (Å²) in [5.41, 5.74) is 1.40. The minimum atomic E-state index is 0.767. The zero-order chi connectivity index (χ0) is 12.1. The lowest BCUT2D eigenvalue weighted by Crippen LogP contribution is -2.40. The van der Waals surface area contributed by atoms with E-state index in [1.807, 2.05) is 0 Å². The third-order valence-corrected chi connectivity index (χ3v) is 4.26. The van der Waals surface area contributed by atoms with Gasteiger partial charge in [0.05, 0.1) is 0 Å². The first-order chi connectivity index (χ1) is 8.29. The number of nitrogens with zero attached hydrogens (tertiary/aromatic N) is 1. The van der Waals surface area contributed by atoms with E-state index in [-0.39, 0.29) is 0 Å². The molecule has 94 valence electrons. The first-order valence-electron chi connectivity index (χ1n) is 6.34. The largest absolute Gasteiger partial charge is 0.296 e. The normalized spacial score (nSPS) is 16.2. The molecule has 0 bridgehead atoms. The first kappa shape index (κ1) is 13.4. The fourth-order valence-corrected chi connectivity index (χ4v) is 2.61. The Morgan fingerprint density at radius 1 is 1.24 bits per heavy atom. The Hall–Kier alpha value is -0.0500. The number of halogens is 2. The average Bonchev–Trinajstić information content (AvgIpc) is 2.26. The van der Waals surface area contributed by atoms with Crippen molar-refractivity contribution < 1.29 is 0 Å². The second-order valence-corrected chi connectivity index (χ2v) is 6.02. The third kappa shape index (κ3) is 3.97. The van der Waals surface area contributed by atoms with E-state index in [9.17, 15) is 0 Å². The van der Waals surface area contributed by atoms with Crippen LogP contribution in [-0.2, 0) is 6.54 Å². The summed E-state index contributed by atoms with van der Waals surface area (Å²) in [6.07, 6.45) is 5.20. The van der Waals surface area contributed by atoms with Gasteiger partial charge in [-0.25, -0.2) is 0 Å². The van der Waals surface area contributed by atoms with Crippen LogP contribution in [0, 0.1) is 0 Å². The number of hydrogen-bond acceptors (Lipinski definition) is 1. The molecular weight excluding hydrogens is 298 g/mol. The van der Waals surface area contributed by atoms with Gasteiger partial charge in [-0.2, -0.15) is 0 Å². The summed E-state index contributed by atoms with van der Waals surface area (Å²) < 4.78 is 1.15. The minimum Gasteiger partial charge on any atom is -0.296 e. The van der Waals surface area contributed by atoms with Crippen LogP contribution in [0.4, 0.5) is 0 Å². The van der Waals surface area contributed by atoms with Gasteiger partial charge in [-0.1, -0.05) is 34.5 Å². The Kier molecular flexibility index (Phi) is 5.33. The van der Waals surface area contributed by atoms with E-state index in [1.165, 1.54) is 24.8 Å². The van der Waals surface area contributed by atoms with Crippen molar-refractivity contribution in [3.8, 4) is 0 Å². The molecule has 0 saturated heterocycles. The van der Waals surface area contributed by atoms with E-state index < -0.39 is 0 Å². The summed E-state index contributed by atoms with van der Waals surface area (Å²) >= 11 is 9.28. The van der Waals surface area contributed by atoms with Crippen LogP contribution in [0.2, 0.25) is 0 Å². The molecule has 3 heteroatoms. The van der Waals surface area contributed by atoms with Crippen molar-refractivity contribution in [1.29, 1.82) is 0 Å². The highest BCUT2D eigenvalue weighted by Gasteiger charge is 2.24. The molecule has 0 heterocycles. The highest BCUT2D eigenvalue weighted by atomic mass is 79.9. The average molecular weight is 317 g/mol. The molecule has 1 nitrogen and oxygen atoms in total. The Morgan fingerprint density at radius 2 is 1.94 bits per heavy atom. The summed E-state index contributed by atoms with van der Waals surface area (Å²) in [4.78, 5) is 2.59. The van der Waals surface area contributed by atoms with Crippen LogP contribution < -0.4 is 0 Å². The van der Waals surface area contributed by atoms with Crippen LogP contribution in [0.15, 0.2) is 28.7 Å². The van der Waals surface area contributed by atoms with Crippen molar-refractivity contribution >= 4 is 27.5 Å². The second kappa shape index (κ2) is 6.77. The van der Waals surface area contributed by atoms with Gasteiger partial charge in [0.15, 0.2) is 0 Å². The molecule has 1 aromatic carbocycles. The maximum Gasteiger partial charge on any atom is 0.0236 e. The maximum absolute atomic E-state index is 5.80. The Bertz CT molecular complexity index is 335. The van der Waals surface area contributed by atoms with Gasteiger partial charge >= 0.3 is 0 Å². The fourth-order valence-electron chi connectivity index (χ4n) is 2.23. The third-order valence-electron chi connectivity index (χ3n) is 3.47. The van der Waals surface area contributed by atoms with Gasteiger partial charge in [-0.05, 0) is 43.5 Å². The topological polar surface area (TPSA) is 3.24 Å². The fraction of sp³-hybridized carbons (Fsp3) is 0.571. The molecule has 0 spiro atoms. The zero-order valence-corrected chi connectivity index (χ0v) is 12.4. The predicted octanol–water partition coefficient (Wildman–Crippen LogP) is 4.43. The Morgan fingerprint density at radius 3 is 2.47 bits per heavy atom. The van der Waals surface area contributed by atoms with Crippen LogP contribution in [-0.4, -0.2) is 23.4 Å². The first-order valence-corrected chi connectivity index (χ1v) is 7.67. The lowest BCUT2D eigenvalue weighted by atomic mass is 9.91. The quantitative estimate of drug-likeness (QED) is 0.702. The van der Waals surface area contributed by atoms with Crippen molar-refractivity contribution in [1.82, 2.24) is 4.90 Å². The van der Waals surface area contributed by atoms with Crippen LogP contribution in [0.1, 0.15) is 31.2 Å². The standard InChI is InChI=1S/C14H19BrClN/c15-13-7-5-12(6-8-13)11-17(10-2-9-16)14-3-1-4-14/h5-8,14H,1-4,9-11H2. The molecule has 2 rings (SSSR count). The van der Waals surface area contributed by atoms with E-state index in [0.717, 1.165) is 35.9 Å². The Balaban J connectivity index is 1.93. The van der Waals surface area contributed by atoms with Gasteiger partial charge in [0.1, 0.15) is 0 Å². The van der Waals surface area contributed by atoms with Crippen molar-refractivity contribution in [3.63, 3.8) is 0 Å². The van der Waals surface area contributed by atoms with Crippen LogP contribution in [0.25, 0.3) is 0 Å². The van der Waals surface area contributed by atoms with E-state index in [1.54, 1.807) is 0 Å². The molecule has 0 aliphatic heterocycles. The van der Waals surface area contributed by atoms with E-state index in [2.05, 4.69) is 45.1 Å². The van der Waals surface area contributed by atoms with Crippen LogP contribution in [0.5, 0.6) is 0 Å². The van der Waals surface area contributed by atoms with Crippen molar-refractivity contribution in [2.75, 3.05) is 12.4 Å². The predicted molar refractivity (Wildman–Crippen MR) is 77.5 cm³/mol. The van der Waals surface area contributed by atoms with Gasteiger partial charge in [0, 0.05) is 22.9 Å². The summed E-state index contributed by atoms with van der Waals surface area (Å²) in [5, 5.41) is 0. The summed E-state index contributed by atoms with van der Waals surface area (Å²) in [6, 6.07) is 9.44. The van der Waals surface area contributed by atoms with Crippen molar-refractivity contribution in [2.24, 2.45) is 0 Å². The van der Waals surface area contributed by atoms with Gasteiger partial charge < -0.3 is 0 Å². The van der Waals surface area contributed by atoms with Crippen molar-refractivity contribution in [2.45, 2.75) is 38.3 Å². The number of hydrogen-bond donors (Lipinski definition) is 0. The molecule has 1 aliphatic rings. The molecule has 0 radical (unpaired) electrons. The molecule has 17 heavy (non-hydrogen) atoms. The van der Waals surface area contributed by atoms with Gasteiger partial charge in [-0.3, -0.25) is 4.90 Å². The van der Waals surface area contributed by atoms with E-state index in [0.29, 0.717) is 0 Å². The summed E-state index contributed by atoms with van der Waals surface area (Å²) in [5.74, 6) is 0.767. The summed E-state index contributed by atoms with van der Waals surface area (Å²) in [7, 11) is 0. The number of rotatable bonds is 6. The lowest BCUT2D eigenvalue weighted by Gasteiger charge is -2.37. The molecule has 0 amide bonds. The van der Waals surface area contributed by atoms with E-state index >= 15 is 0 Å². The molecule has 1 saturated carbocycles. The van der Waals surface area contributed by atoms with Crippen molar-refractivity contribution in [3.05, 3.63) is 34.3 Å². The molecule has 1 fully saturated rings. The molecule has 0 aromatic heterocycles. The van der Waals surface area contributed by atoms with E-state index in [4.69, 9.17) is 11.6 Å². The van der Waals surface area contributed by atoms with Gasteiger partial charge in [-0.15, -0.1) is 11.6 Å². The molecule has 1 aliphatic carbocycles. The number of alkyl halides is 1. The van der Waals surface area contributed by atoms with Gasteiger partial charge in [0.25, 0.3) is 0 Å². The Labute approximate surface area is 117 Å². The van der Waals surface area contributed by atoms with Crippen LogP contribution in [0.3, 0.4) is 0 Å². The monoisotopic (exact) mass is 315 g/mol. The zero-order valence-electron chi connectivity index (χ0n) is 10.0. The molecular formula is C14H19BrClN. The molecule has 0 atom stereocenters. The van der Waals surface area contributed by atoms with Gasteiger partial charge in [0.2, 0.25) is 0 Å². The molecule has 1 aromatic rings. The molecule has 0 N–H and O–H groups in total. The highest BCUT2D eigenvalue weighted by Crippen LogP contribution is 2.26. The maximum atomic E-state index is 5.80. The second-order valence-electron chi connectivity index (χ2n) is 4.72. The SMILES string of the molecule is ClCCCN(Cc1ccc(Br)cc1)C1CCC1. The molecule has 0 unspecified atom stereocenters. The lowest BCUT2D eigenvalue weighted by molar-refractivity contribution is 0.120. The minimum absolute atomic E-state index is 0.767. The van der Waals surface area contributed by atoms with Crippen LogP contribution >= 0.6 is 27.5 Å². The summed E-state index contributed by atoms with van der Waals surface area (Å²) in [6.45, 7) is 2.19. The smallest absolute Gasteiger partial charge is 0.0236 e. The highest BCUT2D eigenvalue weighted by molar-refractivity contribution is 9.10. The number of benzene rings is 1.